The molecule has 1 aliphatic rings. The number of hydrogen-bond acceptors (Lipinski definition) is 4. The van der Waals surface area contributed by atoms with E-state index in [9.17, 15) is 9.90 Å². The van der Waals surface area contributed by atoms with Gasteiger partial charge in [-0.15, -0.1) is 0 Å². The molecule has 0 saturated heterocycles. The van der Waals surface area contributed by atoms with Crippen LogP contribution in [-0.4, -0.2) is 21.8 Å². The van der Waals surface area contributed by atoms with Crippen LogP contribution in [0.2, 0.25) is 0 Å². The Morgan fingerprint density at radius 2 is 1.96 bits per heavy atom. The minimum absolute atomic E-state index is 0.195. The lowest BCUT2D eigenvalue weighted by Crippen LogP contribution is -2.06. The first-order valence-electron chi connectivity index (χ1n) is 7.80. The monoisotopic (exact) mass is 330 g/mol. The van der Waals surface area contributed by atoms with Crippen LogP contribution in [0.1, 0.15) is 27.0 Å². The topological polar surface area (TPSA) is 71.8 Å². The predicted molar refractivity (Wildman–Crippen MR) is 93.7 cm³/mol. The van der Waals surface area contributed by atoms with Gasteiger partial charge in [-0.1, -0.05) is 24.3 Å². The lowest BCUT2D eigenvalue weighted by molar-refractivity contribution is 0.0697. The molecule has 5 heteroatoms. The smallest absolute Gasteiger partial charge is 0.335 e. The van der Waals surface area contributed by atoms with Gasteiger partial charge in [0.05, 0.1) is 23.2 Å². The van der Waals surface area contributed by atoms with Crippen molar-refractivity contribution in [2.45, 2.75) is 6.61 Å². The van der Waals surface area contributed by atoms with Crippen molar-refractivity contribution in [1.29, 1.82) is 0 Å². The zero-order chi connectivity index (χ0) is 17.2. The zero-order valence-corrected chi connectivity index (χ0v) is 13.2. The molecule has 0 unspecified atom stereocenters. The number of hydrogen-bond donors (Lipinski definition) is 1. The second-order valence-corrected chi connectivity index (χ2v) is 5.63. The maximum Gasteiger partial charge on any atom is 0.335 e. The Bertz CT molecular complexity index is 981. The molecule has 2 heterocycles. The fraction of sp³-hybridized carbons (Fsp3) is 0.0500. The SMILES string of the molecule is O=C(O)c1ccc2c(c1)C(=Nc1cccnc1)c1ccccc1CO2. The first-order chi connectivity index (χ1) is 12.2. The molecule has 0 radical (unpaired) electrons. The van der Waals surface area contributed by atoms with Crippen molar-refractivity contribution < 1.29 is 14.6 Å². The normalized spacial score (nSPS) is 14.2. The summed E-state index contributed by atoms with van der Waals surface area (Å²) in [4.78, 5) is 20.2. The molecule has 0 aliphatic carbocycles. The van der Waals surface area contributed by atoms with E-state index >= 15 is 0 Å². The maximum atomic E-state index is 11.4. The Morgan fingerprint density at radius 3 is 2.76 bits per heavy atom. The van der Waals surface area contributed by atoms with Crippen molar-refractivity contribution in [3.05, 3.63) is 89.2 Å². The molecule has 122 valence electrons. The molecule has 0 atom stereocenters. The Morgan fingerprint density at radius 1 is 1.08 bits per heavy atom. The Kier molecular flexibility index (Phi) is 3.74. The van der Waals surface area contributed by atoms with Gasteiger partial charge in [-0.3, -0.25) is 4.98 Å². The van der Waals surface area contributed by atoms with Crippen LogP contribution in [0.4, 0.5) is 5.69 Å². The van der Waals surface area contributed by atoms with Gasteiger partial charge in [0, 0.05) is 17.3 Å². The van der Waals surface area contributed by atoms with E-state index in [4.69, 9.17) is 9.73 Å². The molecule has 1 N–H and O–H groups in total. The third-order valence-electron chi connectivity index (χ3n) is 4.02. The Balaban J connectivity index is 1.98. The molecule has 5 nitrogen and oxygen atoms in total. The van der Waals surface area contributed by atoms with Gasteiger partial charge in [0.15, 0.2) is 0 Å². The number of carboxylic acid groups (broad SMARTS) is 1. The second kappa shape index (κ2) is 6.20. The van der Waals surface area contributed by atoms with Crippen LogP contribution in [0.3, 0.4) is 0 Å². The highest BCUT2D eigenvalue weighted by atomic mass is 16.5. The highest BCUT2D eigenvalue weighted by Crippen LogP contribution is 2.31. The first kappa shape index (κ1) is 15.1. The van der Waals surface area contributed by atoms with E-state index in [1.807, 2.05) is 36.4 Å². The van der Waals surface area contributed by atoms with E-state index in [1.165, 1.54) is 0 Å². The van der Waals surface area contributed by atoms with Gasteiger partial charge in [0.25, 0.3) is 0 Å². The molecule has 1 aliphatic heterocycles. The summed E-state index contributed by atoms with van der Waals surface area (Å²) >= 11 is 0. The lowest BCUT2D eigenvalue weighted by Gasteiger charge is -2.10. The number of carbonyl (C=O) groups is 1. The van der Waals surface area contributed by atoms with Crippen molar-refractivity contribution in [3.63, 3.8) is 0 Å². The number of ether oxygens (including phenoxy) is 1. The number of aromatic carboxylic acids is 1. The molecular formula is C20H14N2O3. The predicted octanol–water partition coefficient (Wildman–Crippen LogP) is 3.84. The number of fused-ring (bicyclic) bond motifs is 2. The number of rotatable bonds is 2. The van der Waals surface area contributed by atoms with Gasteiger partial charge >= 0.3 is 5.97 Å². The van der Waals surface area contributed by atoms with Crippen LogP contribution in [0.15, 0.2) is 72.0 Å². The van der Waals surface area contributed by atoms with E-state index in [-0.39, 0.29) is 5.56 Å². The summed E-state index contributed by atoms with van der Waals surface area (Å²) in [6.07, 6.45) is 3.35. The molecule has 4 rings (SSSR count). The number of carboxylic acids is 1. The van der Waals surface area contributed by atoms with E-state index in [2.05, 4.69) is 4.98 Å². The van der Waals surface area contributed by atoms with E-state index in [0.29, 0.717) is 29.3 Å². The fourth-order valence-corrected chi connectivity index (χ4v) is 2.82. The fourth-order valence-electron chi connectivity index (χ4n) is 2.82. The van der Waals surface area contributed by atoms with Gasteiger partial charge in [-0.2, -0.15) is 0 Å². The van der Waals surface area contributed by atoms with Crippen molar-refractivity contribution in [2.75, 3.05) is 0 Å². The molecular weight excluding hydrogens is 316 g/mol. The summed E-state index contributed by atoms with van der Waals surface area (Å²) in [5, 5.41) is 9.34. The van der Waals surface area contributed by atoms with Crippen molar-refractivity contribution in [2.24, 2.45) is 4.99 Å². The average molecular weight is 330 g/mol. The molecule has 1 aromatic heterocycles. The number of pyridine rings is 1. The third-order valence-corrected chi connectivity index (χ3v) is 4.02. The second-order valence-electron chi connectivity index (χ2n) is 5.63. The molecule has 0 fully saturated rings. The van der Waals surface area contributed by atoms with Crippen molar-refractivity contribution in [1.82, 2.24) is 4.98 Å². The minimum atomic E-state index is -0.985. The summed E-state index contributed by atoms with van der Waals surface area (Å²) in [5.74, 6) is -0.370. The van der Waals surface area contributed by atoms with Crippen LogP contribution in [0.5, 0.6) is 5.75 Å². The largest absolute Gasteiger partial charge is 0.488 e. The summed E-state index contributed by atoms with van der Waals surface area (Å²) in [6, 6.07) is 16.3. The van der Waals surface area contributed by atoms with Crippen molar-refractivity contribution >= 4 is 17.4 Å². The number of aromatic nitrogens is 1. The summed E-state index contributed by atoms with van der Waals surface area (Å²) in [6.45, 7) is 0.404. The number of benzene rings is 2. The summed E-state index contributed by atoms with van der Waals surface area (Å²) in [5.41, 5.74) is 4.15. The van der Waals surface area contributed by atoms with Crippen LogP contribution in [-0.2, 0) is 6.61 Å². The molecule has 2 aromatic carbocycles. The average Bonchev–Trinajstić information content (AvgIpc) is 2.80. The van der Waals surface area contributed by atoms with Gasteiger partial charge in [0.1, 0.15) is 12.4 Å². The van der Waals surface area contributed by atoms with Gasteiger partial charge in [-0.25, -0.2) is 9.79 Å². The zero-order valence-electron chi connectivity index (χ0n) is 13.2. The Hall–Kier alpha value is -3.47. The van der Waals surface area contributed by atoms with Gasteiger partial charge in [0.2, 0.25) is 0 Å². The Labute approximate surface area is 144 Å². The molecule has 25 heavy (non-hydrogen) atoms. The minimum Gasteiger partial charge on any atom is -0.488 e. The van der Waals surface area contributed by atoms with E-state index < -0.39 is 5.97 Å². The molecule has 0 amide bonds. The third kappa shape index (κ3) is 2.87. The van der Waals surface area contributed by atoms with Gasteiger partial charge < -0.3 is 9.84 Å². The van der Waals surface area contributed by atoms with E-state index in [0.717, 1.165) is 11.1 Å². The first-order valence-corrected chi connectivity index (χ1v) is 7.80. The summed E-state index contributed by atoms with van der Waals surface area (Å²) in [7, 11) is 0. The number of nitrogens with zero attached hydrogens (tertiary/aromatic N) is 2. The van der Waals surface area contributed by atoms with Gasteiger partial charge in [-0.05, 0) is 35.9 Å². The lowest BCUT2D eigenvalue weighted by atomic mass is 9.96. The maximum absolute atomic E-state index is 11.4. The number of aliphatic imine (C=N–C) groups is 1. The van der Waals surface area contributed by atoms with Crippen LogP contribution < -0.4 is 4.74 Å². The van der Waals surface area contributed by atoms with Crippen molar-refractivity contribution in [3.8, 4) is 5.75 Å². The molecule has 0 spiro atoms. The molecule has 0 bridgehead atoms. The molecule has 3 aromatic rings. The summed E-state index contributed by atoms with van der Waals surface area (Å²) < 4.78 is 5.89. The highest BCUT2D eigenvalue weighted by Gasteiger charge is 2.22. The molecule has 0 saturated carbocycles. The quantitative estimate of drug-likeness (QED) is 0.775. The van der Waals surface area contributed by atoms with Crippen LogP contribution in [0.25, 0.3) is 0 Å². The van der Waals surface area contributed by atoms with E-state index in [1.54, 1.807) is 30.6 Å². The van der Waals surface area contributed by atoms with Crippen LogP contribution in [0, 0.1) is 0 Å². The standard InChI is InChI=1S/C20H14N2O3/c23-20(24)13-7-8-18-17(10-13)19(22-15-5-3-9-21-11-15)16-6-2-1-4-14(16)12-25-18/h1-11H,12H2,(H,23,24). The highest BCUT2D eigenvalue weighted by molar-refractivity contribution is 6.17. The van der Waals surface area contributed by atoms with Crippen LogP contribution >= 0.6 is 0 Å².